The predicted molar refractivity (Wildman–Crippen MR) is 89.2 cm³/mol. The Balaban J connectivity index is 1.88. The van der Waals surface area contributed by atoms with Gasteiger partial charge in [0.15, 0.2) is 0 Å². The zero-order valence-corrected chi connectivity index (χ0v) is 13.9. The lowest BCUT2D eigenvalue weighted by Gasteiger charge is -2.33. The van der Waals surface area contributed by atoms with Crippen molar-refractivity contribution in [3.63, 3.8) is 0 Å². The van der Waals surface area contributed by atoms with E-state index in [1.54, 1.807) is 11.1 Å². The Kier molecular flexibility index (Phi) is 5.02. The number of piperidine rings is 1. The molecule has 126 valence electrons. The fourth-order valence-corrected chi connectivity index (χ4v) is 2.42. The van der Waals surface area contributed by atoms with Crippen molar-refractivity contribution >= 4 is 24.5 Å². The maximum atomic E-state index is 12.0. The highest BCUT2D eigenvalue weighted by molar-refractivity contribution is 5.93. The summed E-state index contributed by atoms with van der Waals surface area (Å²) in [5.41, 5.74) is 0.233. The number of rotatable bonds is 2. The molecule has 0 radical (unpaired) electrons. The van der Waals surface area contributed by atoms with Crippen LogP contribution >= 0.6 is 0 Å². The molecule has 1 aliphatic rings. The number of likely N-dealkylation sites (tertiary alicyclic amines) is 1. The molecule has 1 aliphatic heterocycles. The fourth-order valence-electron chi connectivity index (χ4n) is 2.42. The Morgan fingerprint density at radius 2 is 2.13 bits per heavy atom. The molecule has 2 heterocycles. The van der Waals surface area contributed by atoms with E-state index in [9.17, 15) is 4.79 Å². The van der Waals surface area contributed by atoms with Crippen LogP contribution in [0.25, 0.3) is 0 Å². The first-order valence-electron chi connectivity index (χ1n) is 7.63. The van der Waals surface area contributed by atoms with Crippen molar-refractivity contribution in [1.29, 1.82) is 5.41 Å². The second kappa shape index (κ2) is 6.80. The summed E-state index contributed by atoms with van der Waals surface area (Å²) < 4.78 is 7.26. The fraction of sp³-hybridized carbons (Fsp3) is 0.600. The maximum Gasteiger partial charge on any atom is 0.410 e. The minimum atomic E-state index is -0.472. The van der Waals surface area contributed by atoms with Crippen molar-refractivity contribution in [2.24, 2.45) is 4.99 Å². The molecule has 1 aromatic heterocycles. The van der Waals surface area contributed by atoms with Crippen LogP contribution in [-0.2, 0) is 4.74 Å². The zero-order valence-electron chi connectivity index (χ0n) is 13.9. The summed E-state index contributed by atoms with van der Waals surface area (Å²) in [4.78, 5) is 17.3. The Bertz CT molecular complexity index is 581. The van der Waals surface area contributed by atoms with Gasteiger partial charge >= 0.3 is 6.09 Å². The number of hydrogen-bond donors (Lipinski definition) is 2. The van der Waals surface area contributed by atoms with Crippen molar-refractivity contribution in [2.75, 3.05) is 18.4 Å². The molecule has 2 rings (SSSR count). The highest BCUT2D eigenvalue weighted by Crippen LogP contribution is 2.24. The first kappa shape index (κ1) is 17.0. The molecule has 8 nitrogen and oxygen atoms in total. The third kappa shape index (κ3) is 4.80. The smallest absolute Gasteiger partial charge is 0.410 e. The topological polar surface area (TPSA) is 95.6 Å². The van der Waals surface area contributed by atoms with Crippen molar-refractivity contribution in [1.82, 2.24) is 14.7 Å². The Morgan fingerprint density at radius 3 is 2.70 bits per heavy atom. The quantitative estimate of drug-likeness (QED) is 0.646. The van der Waals surface area contributed by atoms with Crippen LogP contribution in [0.1, 0.15) is 39.7 Å². The van der Waals surface area contributed by atoms with Crippen molar-refractivity contribution in [3.8, 4) is 0 Å². The zero-order chi connectivity index (χ0) is 17.0. The number of amides is 1. The van der Waals surface area contributed by atoms with Crippen LogP contribution in [0.15, 0.2) is 17.4 Å². The van der Waals surface area contributed by atoms with Crippen molar-refractivity contribution in [3.05, 3.63) is 12.4 Å². The van der Waals surface area contributed by atoms with E-state index in [1.807, 2.05) is 31.6 Å². The molecule has 23 heavy (non-hydrogen) atoms. The Hall–Kier alpha value is -2.38. The number of aliphatic imine (C=N–C) groups is 1. The molecule has 1 saturated heterocycles. The monoisotopic (exact) mass is 320 g/mol. The molecule has 2 N–H and O–H groups in total. The van der Waals surface area contributed by atoms with Gasteiger partial charge in [-0.05, 0) is 40.3 Å². The second-order valence-corrected chi connectivity index (χ2v) is 6.54. The number of carbonyl (C=O) groups excluding carboxylic acids is 1. The average molecular weight is 320 g/mol. The summed E-state index contributed by atoms with van der Waals surface area (Å²) in [6, 6.07) is 0.232. The lowest BCUT2D eigenvalue weighted by molar-refractivity contribution is 0.0185. The molecule has 0 aromatic carbocycles. The molecule has 0 bridgehead atoms. The van der Waals surface area contributed by atoms with Gasteiger partial charge in [-0.2, -0.15) is 5.10 Å². The number of ether oxygens (including phenoxy) is 1. The molecule has 0 aliphatic carbocycles. The van der Waals surface area contributed by atoms with Gasteiger partial charge in [-0.15, -0.1) is 0 Å². The van der Waals surface area contributed by atoms with Crippen LogP contribution in [-0.4, -0.2) is 52.1 Å². The molecule has 8 heteroatoms. The van der Waals surface area contributed by atoms with Gasteiger partial charge in [0.1, 0.15) is 5.60 Å². The molecule has 0 spiro atoms. The summed E-state index contributed by atoms with van der Waals surface area (Å²) in [7, 11) is 0. The van der Waals surface area contributed by atoms with Gasteiger partial charge in [0.05, 0.1) is 17.9 Å². The van der Waals surface area contributed by atoms with E-state index in [0.717, 1.165) is 12.8 Å². The van der Waals surface area contributed by atoms with Gasteiger partial charge < -0.3 is 15.0 Å². The SMILES string of the molecule is C=NC(=N)Nc1cnn(C2CCN(C(=O)OC(C)(C)C)CC2)c1. The van der Waals surface area contributed by atoms with E-state index in [1.165, 1.54) is 0 Å². The molecule has 1 aromatic rings. The van der Waals surface area contributed by atoms with Crippen molar-refractivity contribution < 1.29 is 9.53 Å². The van der Waals surface area contributed by atoms with Crippen LogP contribution in [0.2, 0.25) is 0 Å². The number of guanidine groups is 1. The Morgan fingerprint density at radius 1 is 1.48 bits per heavy atom. The normalized spacial score (nSPS) is 16.0. The summed E-state index contributed by atoms with van der Waals surface area (Å²) >= 11 is 0. The van der Waals surface area contributed by atoms with Crippen LogP contribution in [0.3, 0.4) is 0 Å². The van der Waals surface area contributed by atoms with Crippen LogP contribution in [0, 0.1) is 5.41 Å². The van der Waals surface area contributed by atoms with Gasteiger partial charge in [-0.3, -0.25) is 10.1 Å². The summed E-state index contributed by atoms with van der Waals surface area (Å²) in [6.07, 6.45) is 4.87. The predicted octanol–water partition coefficient (Wildman–Crippen LogP) is 2.50. The van der Waals surface area contributed by atoms with Gasteiger partial charge in [-0.25, -0.2) is 9.79 Å². The average Bonchev–Trinajstić information content (AvgIpc) is 2.94. The number of nitrogens with zero attached hydrogens (tertiary/aromatic N) is 4. The van der Waals surface area contributed by atoms with Gasteiger partial charge in [0.25, 0.3) is 0 Å². The van der Waals surface area contributed by atoms with E-state index in [2.05, 4.69) is 22.1 Å². The minimum Gasteiger partial charge on any atom is -0.444 e. The molecular weight excluding hydrogens is 296 g/mol. The number of nitrogens with one attached hydrogen (secondary N) is 2. The van der Waals surface area contributed by atoms with Crippen LogP contribution in [0.5, 0.6) is 0 Å². The van der Waals surface area contributed by atoms with E-state index in [4.69, 9.17) is 10.1 Å². The number of anilines is 1. The van der Waals surface area contributed by atoms with E-state index in [-0.39, 0.29) is 18.1 Å². The van der Waals surface area contributed by atoms with Crippen molar-refractivity contribution in [2.45, 2.75) is 45.3 Å². The van der Waals surface area contributed by atoms with E-state index < -0.39 is 5.60 Å². The standard InChI is InChI=1S/C15H24N6O2/c1-15(2,3)23-14(22)20-7-5-12(6-8-20)21-10-11(9-18-21)19-13(16)17-4/h9-10,12H,4-8H2,1-3H3,(H2,16,19). The molecule has 0 atom stereocenters. The lowest BCUT2D eigenvalue weighted by atomic mass is 10.1. The van der Waals surface area contributed by atoms with Gasteiger partial charge in [-0.1, -0.05) is 0 Å². The van der Waals surface area contributed by atoms with Crippen LogP contribution < -0.4 is 5.32 Å². The number of carbonyl (C=O) groups is 1. The third-order valence-corrected chi connectivity index (χ3v) is 3.51. The largest absolute Gasteiger partial charge is 0.444 e. The lowest BCUT2D eigenvalue weighted by Crippen LogP contribution is -2.42. The highest BCUT2D eigenvalue weighted by Gasteiger charge is 2.27. The second-order valence-electron chi connectivity index (χ2n) is 6.54. The molecule has 1 fully saturated rings. The maximum absolute atomic E-state index is 12.0. The number of hydrogen-bond acceptors (Lipinski definition) is 4. The highest BCUT2D eigenvalue weighted by atomic mass is 16.6. The van der Waals surface area contributed by atoms with E-state index >= 15 is 0 Å². The summed E-state index contributed by atoms with van der Waals surface area (Å²) in [6.45, 7) is 10.2. The summed E-state index contributed by atoms with van der Waals surface area (Å²) in [5, 5.41) is 14.5. The van der Waals surface area contributed by atoms with Gasteiger partial charge in [0, 0.05) is 19.3 Å². The van der Waals surface area contributed by atoms with Crippen LogP contribution in [0.4, 0.5) is 10.5 Å². The summed E-state index contributed by atoms with van der Waals surface area (Å²) in [5.74, 6) is -0.00991. The van der Waals surface area contributed by atoms with Gasteiger partial charge in [0.2, 0.25) is 5.96 Å². The first-order chi connectivity index (χ1) is 10.8. The number of aromatic nitrogens is 2. The first-order valence-corrected chi connectivity index (χ1v) is 7.63. The molecule has 0 saturated carbocycles. The Labute approximate surface area is 136 Å². The molecule has 1 amide bonds. The molecule has 0 unspecified atom stereocenters. The third-order valence-electron chi connectivity index (χ3n) is 3.51. The van der Waals surface area contributed by atoms with E-state index in [0.29, 0.717) is 18.8 Å². The minimum absolute atomic E-state index is 0.00991. The molecular formula is C15H24N6O2.